The number of para-hydroxylation sites is 1. The summed E-state index contributed by atoms with van der Waals surface area (Å²) in [7, 11) is 0. The Morgan fingerprint density at radius 2 is 1.80 bits per heavy atom. The molecule has 0 unspecified atom stereocenters. The lowest BCUT2D eigenvalue weighted by Gasteiger charge is -2.07. The fourth-order valence-electron chi connectivity index (χ4n) is 2.04. The number of nitrogens with one attached hydrogen (secondary N) is 1. The third-order valence-electron chi connectivity index (χ3n) is 3.14. The van der Waals surface area contributed by atoms with Crippen molar-refractivity contribution < 1.29 is 19.1 Å². The molecule has 2 aromatic carbocycles. The van der Waals surface area contributed by atoms with Crippen LogP contribution in [0.5, 0.6) is 11.5 Å². The Labute approximate surface area is 146 Å². The van der Waals surface area contributed by atoms with E-state index < -0.39 is 5.91 Å². The smallest absolute Gasteiger partial charge is 0.255 e. The van der Waals surface area contributed by atoms with Crippen LogP contribution in [0.15, 0.2) is 54.6 Å². The normalized spacial score (nSPS) is 10.4. The molecule has 0 radical (unpaired) electrons. The van der Waals surface area contributed by atoms with E-state index >= 15 is 0 Å². The molecule has 2 aromatic rings. The van der Waals surface area contributed by atoms with Crippen LogP contribution in [0, 0.1) is 0 Å². The van der Waals surface area contributed by atoms with E-state index in [1.54, 1.807) is 30.3 Å². The van der Waals surface area contributed by atoms with Crippen LogP contribution in [-0.4, -0.2) is 25.0 Å². The first kappa shape index (κ1) is 18.1. The fraction of sp³-hybridized carbons (Fsp3) is 0.158. The first-order valence-electron chi connectivity index (χ1n) is 7.80. The second-order valence-electron chi connectivity index (χ2n) is 5.07. The van der Waals surface area contributed by atoms with Gasteiger partial charge in [0.2, 0.25) is 5.91 Å². The molecule has 2 amide bonds. The molecule has 0 fully saturated rings. The lowest BCUT2D eigenvalue weighted by Crippen LogP contribution is -2.20. The summed E-state index contributed by atoms with van der Waals surface area (Å²) in [4.78, 5) is 22.7. The molecule has 0 heterocycles. The maximum absolute atomic E-state index is 12.0. The predicted octanol–water partition coefficient (Wildman–Crippen LogP) is 2.60. The molecule has 0 aliphatic carbocycles. The van der Waals surface area contributed by atoms with E-state index in [4.69, 9.17) is 15.2 Å². The van der Waals surface area contributed by atoms with Gasteiger partial charge in [-0.2, -0.15) is 0 Å². The van der Waals surface area contributed by atoms with Crippen LogP contribution < -0.4 is 20.5 Å². The number of rotatable bonds is 8. The average Bonchev–Trinajstić information content (AvgIpc) is 2.60. The van der Waals surface area contributed by atoms with Crippen LogP contribution in [0.25, 0.3) is 6.08 Å². The summed E-state index contributed by atoms with van der Waals surface area (Å²) in [6.07, 6.45) is 3.14. The molecule has 3 N–H and O–H groups in total. The lowest BCUT2D eigenvalue weighted by atomic mass is 10.2. The maximum atomic E-state index is 12.0. The average molecular weight is 340 g/mol. The number of carbonyl (C=O) groups excluding carboxylic acids is 2. The first-order valence-corrected chi connectivity index (χ1v) is 7.80. The maximum Gasteiger partial charge on any atom is 0.255 e. The fourth-order valence-corrected chi connectivity index (χ4v) is 2.04. The third-order valence-corrected chi connectivity index (χ3v) is 3.14. The van der Waals surface area contributed by atoms with Crippen LogP contribution in [-0.2, 0) is 9.59 Å². The van der Waals surface area contributed by atoms with Gasteiger partial charge in [-0.3, -0.25) is 9.59 Å². The number of carbonyl (C=O) groups is 2. The molecular formula is C19H20N2O4. The first-order chi connectivity index (χ1) is 12.1. The molecule has 0 bridgehead atoms. The van der Waals surface area contributed by atoms with E-state index in [0.29, 0.717) is 18.0 Å². The molecule has 0 atom stereocenters. The Hall–Kier alpha value is -3.28. The van der Waals surface area contributed by atoms with E-state index in [1.807, 2.05) is 31.2 Å². The quantitative estimate of drug-likeness (QED) is 0.723. The van der Waals surface area contributed by atoms with Gasteiger partial charge < -0.3 is 20.5 Å². The molecule has 0 saturated carbocycles. The monoisotopic (exact) mass is 340 g/mol. The van der Waals surface area contributed by atoms with Crippen molar-refractivity contribution in [3.05, 3.63) is 60.2 Å². The number of anilines is 1. The van der Waals surface area contributed by atoms with Crippen LogP contribution in [0.1, 0.15) is 12.5 Å². The zero-order chi connectivity index (χ0) is 18.1. The van der Waals surface area contributed by atoms with Crippen molar-refractivity contribution in [2.75, 3.05) is 18.5 Å². The minimum atomic E-state index is -0.546. The molecule has 130 valence electrons. The standard InChI is InChI=1S/C19H20N2O4/c1-2-24-17-6-4-3-5-14(17)7-12-19(23)21-15-8-10-16(11-9-15)25-13-18(20)22/h3-12H,2,13H2,1H3,(H2,20,22)(H,21,23)/b12-7+. The lowest BCUT2D eigenvalue weighted by molar-refractivity contribution is -0.120. The van der Waals surface area contributed by atoms with Crippen molar-refractivity contribution in [3.63, 3.8) is 0 Å². The highest BCUT2D eigenvalue weighted by molar-refractivity contribution is 6.02. The van der Waals surface area contributed by atoms with Crippen LogP contribution in [0.2, 0.25) is 0 Å². The van der Waals surface area contributed by atoms with E-state index in [2.05, 4.69) is 5.32 Å². The predicted molar refractivity (Wildman–Crippen MR) is 96.4 cm³/mol. The SMILES string of the molecule is CCOc1ccccc1/C=C/C(=O)Nc1ccc(OCC(N)=O)cc1. The highest BCUT2D eigenvalue weighted by Crippen LogP contribution is 2.20. The van der Waals surface area contributed by atoms with E-state index in [1.165, 1.54) is 6.08 Å². The van der Waals surface area contributed by atoms with Crippen LogP contribution in [0.3, 0.4) is 0 Å². The molecule has 0 spiro atoms. The molecular weight excluding hydrogens is 320 g/mol. The number of primary amides is 1. The van der Waals surface area contributed by atoms with Gasteiger partial charge in [-0.15, -0.1) is 0 Å². The van der Waals surface area contributed by atoms with Gasteiger partial charge in [-0.25, -0.2) is 0 Å². The molecule has 0 aliphatic rings. The molecule has 0 saturated heterocycles. The zero-order valence-electron chi connectivity index (χ0n) is 13.9. The number of hydrogen-bond donors (Lipinski definition) is 2. The van der Waals surface area contributed by atoms with Gasteiger partial charge in [0, 0.05) is 17.3 Å². The Kier molecular flexibility index (Phi) is 6.59. The number of benzene rings is 2. The van der Waals surface area contributed by atoms with Crippen molar-refractivity contribution in [1.29, 1.82) is 0 Å². The number of hydrogen-bond acceptors (Lipinski definition) is 4. The second-order valence-corrected chi connectivity index (χ2v) is 5.07. The van der Waals surface area contributed by atoms with Crippen molar-refractivity contribution >= 4 is 23.6 Å². The van der Waals surface area contributed by atoms with Crippen molar-refractivity contribution in [2.24, 2.45) is 5.73 Å². The Morgan fingerprint density at radius 1 is 1.08 bits per heavy atom. The van der Waals surface area contributed by atoms with Gasteiger partial charge in [0.1, 0.15) is 11.5 Å². The van der Waals surface area contributed by atoms with E-state index in [9.17, 15) is 9.59 Å². The Balaban J connectivity index is 1.95. The second kappa shape index (κ2) is 9.12. The minimum Gasteiger partial charge on any atom is -0.493 e. The zero-order valence-corrected chi connectivity index (χ0v) is 13.9. The molecule has 0 aliphatic heterocycles. The van der Waals surface area contributed by atoms with E-state index in [-0.39, 0.29) is 12.5 Å². The van der Waals surface area contributed by atoms with Gasteiger partial charge in [0.05, 0.1) is 6.61 Å². The molecule has 6 heteroatoms. The molecule has 2 rings (SSSR count). The molecule has 0 aromatic heterocycles. The summed E-state index contributed by atoms with van der Waals surface area (Å²) >= 11 is 0. The minimum absolute atomic E-state index is 0.187. The van der Waals surface area contributed by atoms with Gasteiger partial charge in [-0.1, -0.05) is 18.2 Å². The largest absolute Gasteiger partial charge is 0.493 e. The Morgan fingerprint density at radius 3 is 2.48 bits per heavy atom. The molecule has 25 heavy (non-hydrogen) atoms. The van der Waals surface area contributed by atoms with Crippen molar-refractivity contribution in [3.8, 4) is 11.5 Å². The van der Waals surface area contributed by atoms with Crippen molar-refractivity contribution in [1.82, 2.24) is 0 Å². The van der Waals surface area contributed by atoms with Crippen LogP contribution in [0.4, 0.5) is 5.69 Å². The molecule has 6 nitrogen and oxygen atoms in total. The van der Waals surface area contributed by atoms with Crippen LogP contribution >= 0.6 is 0 Å². The highest BCUT2D eigenvalue weighted by atomic mass is 16.5. The number of amides is 2. The summed E-state index contributed by atoms with van der Waals surface area (Å²) in [6, 6.07) is 14.1. The van der Waals surface area contributed by atoms with Gasteiger partial charge in [0.25, 0.3) is 5.91 Å². The van der Waals surface area contributed by atoms with E-state index in [0.717, 1.165) is 11.3 Å². The summed E-state index contributed by atoms with van der Waals surface area (Å²) in [5.41, 5.74) is 6.45. The Bertz CT molecular complexity index is 754. The van der Waals surface area contributed by atoms with Crippen molar-refractivity contribution in [2.45, 2.75) is 6.92 Å². The van der Waals surface area contributed by atoms with Gasteiger partial charge in [0.15, 0.2) is 6.61 Å². The summed E-state index contributed by atoms with van der Waals surface area (Å²) in [6.45, 7) is 2.28. The topological polar surface area (TPSA) is 90.7 Å². The summed E-state index contributed by atoms with van der Waals surface area (Å²) in [5.74, 6) is 0.412. The van der Waals surface area contributed by atoms with Gasteiger partial charge in [-0.05, 0) is 43.3 Å². The number of ether oxygens (including phenoxy) is 2. The number of nitrogens with two attached hydrogens (primary N) is 1. The third kappa shape index (κ3) is 6.02. The van der Waals surface area contributed by atoms with Gasteiger partial charge >= 0.3 is 0 Å². The highest BCUT2D eigenvalue weighted by Gasteiger charge is 2.02. The summed E-state index contributed by atoms with van der Waals surface area (Å²) < 4.78 is 10.7. The summed E-state index contributed by atoms with van der Waals surface area (Å²) in [5, 5.41) is 2.74.